The van der Waals surface area contributed by atoms with Crippen LogP contribution in [-0.2, 0) is 0 Å². The molecule has 2 rings (SSSR count). The zero-order valence-electron chi connectivity index (χ0n) is 18.4. The minimum absolute atomic E-state index is 0.119. The molecule has 164 valence electrons. The van der Waals surface area contributed by atoms with Gasteiger partial charge in [-0.05, 0) is 62.1 Å². The first-order chi connectivity index (χ1) is 14.3. The molecule has 0 saturated heterocycles. The van der Waals surface area contributed by atoms with Gasteiger partial charge in [-0.2, -0.15) is 0 Å². The molecule has 7 heteroatoms. The first-order valence-corrected chi connectivity index (χ1v) is 10.8. The van der Waals surface area contributed by atoms with Crippen molar-refractivity contribution in [2.24, 2.45) is 0 Å². The maximum absolute atomic E-state index is 11.3. The summed E-state index contributed by atoms with van der Waals surface area (Å²) >= 11 is 1.36. The van der Waals surface area contributed by atoms with E-state index in [0.29, 0.717) is 12.4 Å². The maximum Gasteiger partial charge on any atom is 0.412 e. The molecule has 2 amide bonds. The van der Waals surface area contributed by atoms with Crippen molar-refractivity contribution < 1.29 is 19.1 Å². The van der Waals surface area contributed by atoms with Crippen LogP contribution in [0.1, 0.15) is 24.0 Å². The van der Waals surface area contributed by atoms with Crippen molar-refractivity contribution in [3.63, 3.8) is 0 Å². The molecule has 0 aliphatic carbocycles. The largest absolute Gasteiger partial charge is 0.494 e. The highest BCUT2D eigenvalue weighted by atomic mass is 32.2. The summed E-state index contributed by atoms with van der Waals surface area (Å²) in [6.07, 6.45) is 1.53. The maximum atomic E-state index is 11.3. The van der Waals surface area contributed by atoms with Crippen molar-refractivity contribution in [1.29, 1.82) is 0 Å². The Kier molecular flexibility index (Phi) is 12.1. The van der Waals surface area contributed by atoms with Gasteiger partial charge in [-0.25, -0.2) is 4.79 Å². The van der Waals surface area contributed by atoms with Gasteiger partial charge in [0.2, 0.25) is 0 Å². The number of hydrogen-bond acceptors (Lipinski definition) is 5. The molecule has 0 spiro atoms. The zero-order chi connectivity index (χ0) is 22.4. The molecule has 0 fully saturated rings. The second-order valence-corrected chi connectivity index (χ2v) is 7.81. The second kappa shape index (κ2) is 14.3. The Morgan fingerprint density at radius 2 is 1.67 bits per heavy atom. The number of amides is 2. The van der Waals surface area contributed by atoms with Crippen molar-refractivity contribution in [2.75, 3.05) is 33.5 Å². The van der Waals surface area contributed by atoms with Crippen molar-refractivity contribution in [3.05, 3.63) is 59.7 Å². The molecular formula is C23H32N2O4S. The molecule has 6 nitrogen and oxygen atoms in total. The molecule has 0 aliphatic rings. The lowest BCUT2D eigenvalue weighted by molar-refractivity contribution is 0.203. The monoisotopic (exact) mass is 432 g/mol. The molecule has 0 aromatic heterocycles. The third-order valence-electron chi connectivity index (χ3n) is 4.03. The van der Waals surface area contributed by atoms with Crippen molar-refractivity contribution in [1.82, 2.24) is 10.2 Å². The summed E-state index contributed by atoms with van der Waals surface area (Å²) in [5.74, 6) is 2.33. The van der Waals surface area contributed by atoms with E-state index in [-0.39, 0.29) is 5.24 Å². The average Bonchev–Trinajstić information content (AvgIpc) is 2.74. The van der Waals surface area contributed by atoms with E-state index in [0.717, 1.165) is 29.9 Å². The van der Waals surface area contributed by atoms with Gasteiger partial charge in [-0.3, -0.25) is 4.79 Å². The summed E-state index contributed by atoms with van der Waals surface area (Å²) in [6, 6.07) is 15.3. The van der Waals surface area contributed by atoms with E-state index in [1.54, 1.807) is 25.1 Å². The first-order valence-electron chi connectivity index (χ1n) is 9.82. The number of carbonyl (C=O) groups excluding carboxylic acids is 2. The Hall–Kier alpha value is -2.67. The molecule has 0 aliphatic heterocycles. The predicted octanol–water partition coefficient (Wildman–Crippen LogP) is 5.28. The molecule has 0 heterocycles. The minimum Gasteiger partial charge on any atom is -0.494 e. The van der Waals surface area contributed by atoms with E-state index in [2.05, 4.69) is 5.32 Å². The van der Waals surface area contributed by atoms with E-state index >= 15 is 0 Å². The third kappa shape index (κ3) is 10.8. The summed E-state index contributed by atoms with van der Waals surface area (Å²) in [5, 5.41) is 2.51. The number of nitrogens with one attached hydrogen (secondary N) is 1. The normalized spacial score (nSPS) is 9.77. The average molecular weight is 433 g/mol. The lowest BCUT2D eigenvalue weighted by Gasteiger charge is -2.09. The van der Waals surface area contributed by atoms with Crippen LogP contribution in [0.5, 0.6) is 11.5 Å². The Labute approximate surface area is 183 Å². The number of ether oxygens (including phenoxy) is 2. The predicted molar refractivity (Wildman–Crippen MR) is 124 cm³/mol. The highest BCUT2D eigenvalue weighted by molar-refractivity contribution is 8.13. The Bertz CT molecular complexity index is 782. The SMILES string of the molecule is CN(C)C(=O)SCCCCOc1ccccc1.CNC(=O)Oc1ccc(C)c(C)c1. The van der Waals surface area contributed by atoms with Crippen LogP contribution in [0.2, 0.25) is 0 Å². The van der Waals surface area contributed by atoms with Crippen LogP contribution in [0, 0.1) is 13.8 Å². The van der Waals surface area contributed by atoms with Gasteiger partial charge in [0.25, 0.3) is 5.24 Å². The standard InChI is InChI=1S/C13H19NO2S.C10H13NO2/c1-14(2)13(15)17-11-7-6-10-16-12-8-4-3-5-9-12;1-7-4-5-9(6-8(7)2)13-10(12)11-3/h3-5,8-9H,6-7,10-11H2,1-2H3;4-6H,1-3H3,(H,11,12). The van der Waals surface area contributed by atoms with Gasteiger partial charge >= 0.3 is 6.09 Å². The molecule has 30 heavy (non-hydrogen) atoms. The van der Waals surface area contributed by atoms with Crippen LogP contribution < -0.4 is 14.8 Å². The van der Waals surface area contributed by atoms with Crippen LogP contribution in [0.3, 0.4) is 0 Å². The van der Waals surface area contributed by atoms with E-state index < -0.39 is 6.09 Å². The van der Waals surface area contributed by atoms with E-state index in [1.165, 1.54) is 24.4 Å². The highest BCUT2D eigenvalue weighted by Crippen LogP contribution is 2.16. The highest BCUT2D eigenvalue weighted by Gasteiger charge is 2.03. The second-order valence-electron chi connectivity index (χ2n) is 6.76. The van der Waals surface area contributed by atoms with Gasteiger partial charge in [-0.1, -0.05) is 36.0 Å². The number of hydrogen-bond donors (Lipinski definition) is 1. The quantitative estimate of drug-likeness (QED) is 0.603. The molecule has 2 aromatic carbocycles. The molecule has 0 atom stereocenters. The number of carbonyl (C=O) groups is 2. The first kappa shape index (κ1) is 25.4. The van der Waals surface area contributed by atoms with E-state index in [9.17, 15) is 9.59 Å². The fourth-order valence-corrected chi connectivity index (χ4v) is 2.92. The topological polar surface area (TPSA) is 67.9 Å². The molecule has 1 N–H and O–H groups in total. The smallest absolute Gasteiger partial charge is 0.412 e. The summed E-state index contributed by atoms with van der Waals surface area (Å²) < 4.78 is 10.5. The van der Waals surface area contributed by atoms with E-state index in [4.69, 9.17) is 9.47 Å². The third-order valence-corrected chi connectivity index (χ3v) is 5.14. The Morgan fingerprint density at radius 3 is 2.27 bits per heavy atom. The summed E-state index contributed by atoms with van der Waals surface area (Å²) in [7, 11) is 5.07. The molecule has 0 saturated carbocycles. The fraction of sp³-hybridized carbons (Fsp3) is 0.391. The molecular weight excluding hydrogens is 400 g/mol. The van der Waals surface area contributed by atoms with Gasteiger partial charge in [0.05, 0.1) is 6.61 Å². The Morgan fingerprint density at radius 1 is 0.967 bits per heavy atom. The van der Waals surface area contributed by atoms with Crippen molar-refractivity contribution >= 4 is 23.1 Å². The fourth-order valence-electron chi connectivity index (χ4n) is 2.13. The molecule has 0 unspecified atom stereocenters. The minimum atomic E-state index is -0.441. The van der Waals surface area contributed by atoms with Crippen LogP contribution in [0.4, 0.5) is 9.59 Å². The summed E-state index contributed by atoms with van der Waals surface area (Å²) in [6.45, 7) is 4.70. The number of nitrogens with zero attached hydrogens (tertiary/aromatic N) is 1. The molecule has 0 radical (unpaired) electrons. The van der Waals surface area contributed by atoms with E-state index in [1.807, 2.05) is 56.3 Å². The summed E-state index contributed by atoms with van der Waals surface area (Å²) in [5.41, 5.74) is 2.30. The number of para-hydroxylation sites is 1. The van der Waals surface area contributed by atoms with Crippen LogP contribution in [0.25, 0.3) is 0 Å². The van der Waals surface area contributed by atoms with Gasteiger partial charge < -0.3 is 19.7 Å². The lowest BCUT2D eigenvalue weighted by atomic mass is 10.1. The van der Waals surface area contributed by atoms with Crippen LogP contribution >= 0.6 is 11.8 Å². The number of aryl methyl sites for hydroxylation is 2. The van der Waals surface area contributed by atoms with Gasteiger partial charge in [-0.15, -0.1) is 0 Å². The van der Waals surface area contributed by atoms with Gasteiger partial charge in [0, 0.05) is 26.9 Å². The van der Waals surface area contributed by atoms with Gasteiger partial charge in [0.1, 0.15) is 11.5 Å². The van der Waals surface area contributed by atoms with Crippen molar-refractivity contribution in [3.8, 4) is 11.5 Å². The molecule has 2 aromatic rings. The zero-order valence-corrected chi connectivity index (χ0v) is 19.3. The van der Waals surface area contributed by atoms with Gasteiger partial charge in [0.15, 0.2) is 0 Å². The van der Waals surface area contributed by atoms with Crippen LogP contribution in [-0.4, -0.2) is 49.7 Å². The van der Waals surface area contributed by atoms with Crippen molar-refractivity contribution in [2.45, 2.75) is 26.7 Å². The number of thioether (sulfide) groups is 1. The Balaban J connectivity index is 0.000000311. The number of unbranched alkanes of at least 4 members (excludes halogenated alkanes) is 1. The van der Waals surface area contributed by atoms with Crippen LogP contribution in [0.15, 0.2) is 48.5 Å². The lowest BCUT2D eigenvalue weighted by Crippen LogP contribution is -2.22. The molecule has 0 bridgehead atoms. The summed E-state index contributed by atoms with van der Waals surface area (Å²) in [4.78, 5) is 23.7. The number of benzene rings is 2. The number of rotatable bonds is 7.